The third kappa shape index (κ3) is 6.53. The van der Waals surface area contributed by atoms with Crippen molar-refractivity contribution in [3.05, 3.63) is 12.7 Å². The molecule has 0 spiro atoms. The van der Waals surface area contributed by atoms with Crippen molar-refractivity contribution < 1.29 is 19.1 Å². The molecule has 0 bridgehead atoms. The maximum atomic E-state index is 11.6. The Bertz CT molecular complexity index is 330. The second-order valence-corrected chi connectivity index (χ2v) is 4.55. The number of nitrogens with one attached hydrogen (secondary N) is 3. The van der Waals surface area contributed by atoms with Crippen molar-refractivity contribution in [1.29, 1.82) is 0 Å². The first-order valence-electron chi connectivity index (χ1n) is 6.81. The Morgan fingerprint density at radius 1 is 1.50 bits per heavy atom. The third-order valence-corrected chi connectivity index (χ3v) is 2.87. The highest BCUT2D eigenvalue weighted by Gasteiger charge is 2.17. The monoisotopic (exact) mass is 285 g/mol. The lowest BCUT2D eigenvalue weighted by Gasteiger charge is -2.15. The summed E-state index contributed by atoms with van der Waals surface area (Å²) in [5, 5.41) is 2.63. The van der Waals surface area contributed by atoms with Gasteiger partial charge in [-0.15, -0.1) is 6.58 Å². The zero-order valence-electron chi connectivity index (χ0n) is 11.8. The van der Waals surface area contributed by atoms with Crippen LogP contribution in [0, 0.1) is 0 Å². The van der Waals surface area contributed by atoms with Gasteiger partial charge in [-0.3, -0.25) is 10.2 Å². The first kappa shape index (κ1) is 16.5. The van der Waals surface area contributed by atoms with E-state index < -0.39 is 18.0 Å². The normalized spacial score (nSPS) is 19.1. The molecular formula is C13H23N3O4. The third-order valence-electron chi connectivity index (χ3n) is 2.87. The van der Waals surface area contributed by atoms with Crippen LogP contribution in [0.15, 0.2) is 12.7 Å². The van der Waals surface area contributed by atoms with Crippen LogP contribution in [-0.4, -0.2) is 43.9 Å². The number of hydrogen-bond acceptors (Lipinski definition) is 4. The average Bonchev–Trinajstić information content (AvgIpc) is 2.95. The number of amides is 3. The van der Waals surface area contributed by atoms with E-state index in [1.54, 1.807) is 13.0 Å². The van der Waals surface area contributed by atoms with Gasteiger partial charge in [-0.1, -0.05) is 6.08 Å². The molecule has 2 unspecified atom stereocenters. The van der Waals surface area contributed by atoms with Crippen molar-refractivity contribution in [1.82, 2.24) is 16.2 Å². The van der Waals surface area contributed by atoms with Gasteiger partial charge in [0.25, 0.3) is 5.91 Å². The SMILES string of the molecule is C=CCCOC(C)C(=O)NNC(=O)NCC1CCCO1. The van der Waals surface area contributed by atoms with Crippen LogP contribution in [0.1, 0.15) is 26.2 Å². The molecular weight excluding hydrogens is 262 g/mol. The first-order valence-corrected chi connectivity index (χ1v) is 6.81. The number of rotatable bonds is 7. The molecule has 1 fully saturated rings. The maximum Gasteiger partial charge on any atom is 0.333 e. The van der Waals surface area contributed by atoms with E-state index in [0.29, 0.717) is 19.6 Å². The molecule has 0 radical (unpaired) electrons. The number of hydrazine groups is 1. The highest BCUT2D eigenvalue weighted by atomic mass is 16.5. The molecule has 3 amide bonds. The van der Waals surface area contributed by atoms with Crippen molar-refractivity contribution in [2.45, 2.75) is 38.4 Å². The Morgan fingerprint density at radius 2 is 2.30 bits per heavy atom. The average molecular weight is 285 g/mol. The van der Waals surface area contributed by atoms with Gasteiger partial charge in [0.2, 0.25) is 0 Å². The molecule has 0 aromatic rings. The summed E-state index contributed by atoms with van der Waals surface area (Å²) >= 11 is 0. The number of hydrogen-bond donors (Lipinski definition) is 3. The van der Waals surface area contributed by atoms with Gasteiger partial charge in [0, 0.05) is 13.2 Å². The van der Waals surface area contributed by atoms with E-state index >= 15 is 0 Å². The van der Waals surface area contributed by atoms with Crippen LogP contribution in [0.3, 0.4) is 0 Å². The highest BCUT2D eigenvalue weighted by Crippen LogP contribution is 2.10. The summed E-state index contributed by atoms with van der Waals surface area (Å²) in [5.74, 6) is -0.402. The summed E-state index contributed by atoms with van der Waals surface area (Å²) in [4.78, 5) is 23.0. The minimum atomic E-state index is -0.631. The second kappa shape index (κ2) is 9.33. The minimum absolute atomic E-state index is 0.0672. The molecule has 7 heteroatoms. The van der Waals surface area contributed by atoms with Crippen molar-refractivity contribution in [3.63, 3.8) is 0 Å². The molecule has 3 N–H and O–H groups in total. The van der Waals surface area contributed by atoms with Crippen LogP contribution in [0.2, 0.25) is 0 Å². The number of carbonyl (C=O) groups is 2. The summed E-state index contributed by atoms with van der Waals surface area (Å²) in [6.45, 7) is 6.77. The van der Waals surface area contributed by atoms with Gasteiger partial charge >= 0.3 is 6.03 Å². The molecule has 7 nitrogen and oxygen atoms in total. The highest BCUT2D eigenvalue weighted by molar-refractivity contribution is 5.83. The van der Waals surface area contributed by atoms with Crippen molar-refractivity contribution in [2.24, 2.45) is 0 Å². The lowest BCUT2D eigenvalue weighted by atomic mass is 10.2. The predicted molar refractivity (Wildman–Crippen MR) is 73.9 cm³/mol. The van der Waals surface area contributed by atoms with Gasteiger partial charge in [0.15, 0.2) is 0 Å². The van der Waals surface area contributed by atoms with Crippen LogP contribution in [0.25, 0.3) is 0 Å². The first-order chi connectivity index (χ1) is 9.63. The molecule has 1 heterocycles. The van der Waals surface area contributed by atoms with E-state index in [1.165, 1.54) is 0 Å². The van der Waals surface area contributed by atoms with E-state index in [1.807, 2.05) is 0 Å². The Morgan fingerprint density at radius 3 is 2.95 bits per heavy atom. The van der Waals surface area contributed by atoms with E-state index in [2.05, 4.69) is 22.7 Å². The summed E-state index contributed by atoms with van der Waals surface area (Å²) in [5.41, 5.74) is 4.56. The van der Waals surface area contributed by atoms with Gasteiger partial charge in [0.1, 0.15) is 6.10 Å². The fraction of sp³-hybridized carbons (Fsp3) is 0.692. The van der Waals surface area contributed by atoms with Crippen LogP contribution < -0.4 is 16.2 Å². The largest absolute Gasteiger partial charge is 0.376 e. The fourth-order valence-electron chi connectivity index (χ4n) is 1.68. The van der Waals surface area contributed by atoms with E-state index in [4.69, 9.17) is 9.47 Å². The Kier molecular flexibility index (Phi) is 7.67. The summed E-state index contributed by atoms with van der Waals surface area (Å²) in [6.07, 6.45) is 3.78. The number of ether oxygens (including phenoxy) is 2. The standard InChI is InChI=1S/C13H23N3O4/c1-3-4-7-19-10(2)12(17)15-16-13(18)14-9-11-6-5-8-20-11/h3,10-11H,1,4-9H2,2H3,(H,15,17)(H2,14,16,18). The summed E-state index contributed by atoms with van der Waals surface area (Å²) < 4.78 is 10.6. The van der Waals surface area contributed by atoms with Crippen molar-refractivity contribution >= 4 is 11.9 Å². The topological polar surface area (TPSA) is 88.7 Å². The lowest BCUT2D eigenvalue weighted by Crippen LogP contribution is -2.51. The molecule has 1 aliphatic rings. The van der Waals surface area contributed by atoms with Gasteiger partial charge in [0.05, 0.1) is 12.7 Å². The molecule has 1 rings (SSSR count). The molecule has 0 aliphatic carbocycles. The lowest BCUT2D eigenvalue weighted by molar-refractivity contribution is -0.132. The van der Waals surface area contributed by atoms with E-state index in [-0.39, 0.29) is 6.10 Å². The molecule has 114 valence electrons. The Hall–Kier alpha value is -1.60. The van der Waals surface area contributed by atoms with Crippen molar-refractivity contribution in [2.75, 3.05) is 19.8 Å². The number of carbonyl (C=O) groups excluding carboxylic acids is 2. The minimum Gasteiger partial charge on any atom is -0.376 e. The van der Waals surface area contributed by atoms with Crippen LogP contribution in [0.4, 0.5) is 4.79 Å². The van der Waals surface area contributed by atoms with Crippen LogP contribution in [-0.2, 0) is 14.3 Å². The van der Waals surface area contributed by atoms with Gasteiger partial charge < -0.3 is 14.8 Å². The molecule has 0 aromatic heterocycles. The molecule has 1 saturated heterocycles. The summed E-state index contributed by atoms with van der Waals surface area (Å²) in [7, 11) is 0. The second-order valence-electron chi connectivity index (χ2n) is 4.55. The van der Waals surface area contributed by atoms with Crippen molar-refractivity contribution in [3.8, 4) is 0 Å². The van der Waals surface area contributed by atoms with Gasteiger partial charge in [-0.2, -0.15) is 0 Å². The fourth-order valence-corrected chi connectivity index (χ4v) is 1.68. The number of urea groups is 1. The molecule has 0 aromatic carbocycles. The zero-order chi connectivity index (χ0) is 14.8. The maximum absolute atomic E-state index is 11.6. The van der Waals surface area contributed by atoms with Gasteiger partial charge in [-0.05, 0) is 26.2 Å². The van der Waals surface area contributed by atoms with Gasteiger partial charge in [-0.25, -0.2) is 10.2 Å². The predicted octanol–water partition coefficient (Wildman–Crippen LogP) is 0.477. The van der Waals surface area contributed by atoms with Crippen LogP contribution >= 0.6 is 0 Å². The Labute approximate surface area is 119 Å². The van der Waals surface area contributed by atoms with Crippen LogP contribution in [0.5, 0.6) is 0 Å². The molecule has 20 heavy (non-hydrogen) atoms. The Balaban J connectivity index is 2.09. The smallest absolute Gasteiger partial charge is 0.333 e. The van der Waals surface area contributed by atoms with E-state index in [9.17, 15) is 9.59 Å². The van der Waals surface area contributed by atoms with E-state index in [0.717, 1.165) is 19.4 Å². The molecule has 2 atom stereocenters. The molecule has 1 aliphatic heterocycles. The molecule has 0 saturated carbocycles. The quantitative estimate of drug-likeness (QED) is 0.360. The zero-order valence-corrected chi connectivity index (χ0v) is 11.8. The summed E-state index contributed by atoms with van der Waals surface area (Å²) in [6, 6.07) is -0.466.